The van der Waals surface area contributed by atoms with Crippen molar-refractivity contribution in [3.63, 3.8) is 0 Å². The molecule has 170 valence electrons. The van der Waals surface area contributed by atoms with E-state index in [1.165, 1.54) is 0 Å². The third-order valence-corrected chi connectivity index (χ3v) is 6.18. The van der Waals surface area contributed by atoms with E-state index < -0.39 is 15.6 Å². The molecule has 0 saturated carbocycles. The Morgan fingerprint density at radius 3 is 2.55 bits per heavy atom. The number of halogens is 1. The fraction of sp³-hybridized carbons (Fsp3) is 0.429. The quantitative estimate of drug-likeness (QED) is 0.715. The van der Waals surface area contributed by atoms with Crippen molar-refractivity contribution in [2.45, 2.75) is 31.3 Å². The van der Waals surface area contributed by atoms with Crippen molar-refractivity contribution >= 4 is 33.9 Å². The molecular weight excluding hydrogens is 442 g/mol. The summed E-state index contributed by atoms with van der Waals surface area (Å²) in [5, 5.41) is 0. The van der Waals surface area contributed by atoms with Crippen molar-refractivity contribution in [1.29, 1.82) is 0 Å². The first-order valence-electron chi connectivity index (χ1n) is 9.79. The van der Waals surface area contributed by atoms with Crippen LogP contribution in [0.5, 0.6) is 5.75 Å². The van der Waals surface area contributed by atoms with Gasteiger partial charge in [0.05, 0.1) is 23.9 Å². The Morgan fingerprint density at radius 2 is 1.90 bits per heavy atom. The second-order valence-electron chi connectivity index (χ2n) is 7.85. The number of sulfonamides is 1. The Kier molecular flexibility index (Phi) is 8.04. The number of rotatable bonds is 5. The minimum atomic E-state index is -3.47. The van der Waals surface area contributed by atoms with Crippen LogP contribution in [0.4, 0.5) is 5.69 Å². The number of anilines is 1. The number of fused-ring (bicyclic) bond motifs is 1. The molecule has 0 radical (unpaired) electrons. The standard InChI is InChI=1S/C21H25N3O4S.ClH.H2O/c1-29(26,27)23-18-7-4-6-17-19(25)15-21(28-20(17)18)9-13-24(14-10-21)12-8-16-5-2-3-11-22-16;;/h2-7,11,23H,8-10,12-15H2,1H3;1H;1H2. The number of hydrogen-bond acceptors (Lipinski definition) is 6. The van der Waals surface area contributed by atoms with Crippen LogP contribution in [-0.4, -0.2) is 61.1 Å². The van der Waals surface area contributed by atoms with E-state index in [0.717, 1.165) is 50.8 Å². The van der Waals surface area contributed by atoms with Gasteiger partial charge in [-0.05, 0) is 24.3 Å². The topological polar surface area (TPSA) is 120 Å². The molecule has 1 saturated heterocycles. The van der Waals surface area contributed by atoms with Crippen LogP contribution in [0.25, 0.3) is 0 Å². The van der Waals surface area contributed by atoms with Crippen LogP contribution in [0.2, 0.25) is 0 Å². The lowest BCUT2D eigenvalue weighted by Gasteiger charge is -2.44. The number of Topliss-reactive ketones (excluding diaryl/α,β-unsaturated/α-hetero) is 1. The van der Waals surface area contributed by atoms with E-state index in [4.69, 9.17) is 4.74 Å². The molecule has 0 bridgehead atoms. The summed E-state index contributed by atoms with van der Waals surface area (Å²) in [6.45, 7) is 2.58. The minimum absolute atomic E-state index is 0. The van der Waals surface area contributed by atoms with E-state index in [9.17, 15) is 13.2 Å². The van der Waals surface area contributed by atoms with Crippen LogP contribution < -0.4 is 9.46 Å². The molecule has 1 fully saturated rings. The first-order valence-corrected chi connectivity index (χ1v) is 11.7. The van der Waals surface area contributed by atoms with Crippen molar-refractivity contribution in [2.75, 3.05) is 30.6 Å². The Morgan fingerprint density at radius 1 is 1.16 bits per heavy atom. The van der Waals surface area contributed by atoms with E-state index >= 15 is 0 Å². The van der Waals surface area contributed by atoms with E-state index in [0.29, 0.717) is 23.4 Å². The number of ketones is 1. The molecule has 3 N–H and O–H groups in total. The summed E-state index contributed by atoms with van der Waals surface area (Å²) in [6.07, 6.45) is 5.57. The average Bonchev–Trinajstić information content (AvgIpc) is 2.68. The number of aromatic nitrogens is 1. The molecule has 2 aromatic rings. The SMILES string of the molecule is CS(=O)(=O)Nc1cccc2c1OC1(CCN(CCc3ccccn3)CC1)CC2=O.Cl.O. The van der Waals surface area contributed by atoms with Gasteiger partial charge in [0.2, 0.25) is 10.0 Å². The first-order chi connectivity index (χ1) is 13.8. The normalized spacial score (nSPS) is 17.6. The number of benzene rings is 1. The van der Waals surface area contributed by atoms with E-state index in [2.05, 4.69) is 14.6 Å². The maximum absolute atomic E-state index is 12.8. The largest absolute Gasteiger partial charge is 0.484 e. The number of para-hydroxylation sites is 1. The lowest BCUT2D eigenvalue weighted by molar-refractivity contribution is -0.00816. The molecule has 4 rings (SSSR count). The van der Waals surface area contributed by atoms with E-state index in [-0.39, 0.29) is 23.7 Å². The van der Waals surface area contributed by atoms with Crippen molar-refractivity contribution in [3.05, 3.63) is 53.9 Å². The molecule has 31 heavy (non-hydrogen) atoms. The summed E-state index contributed by atoms with van der Waals surface area (Å²) in [7, 11) is -3.47. The fourth-order valence-corrected chi connectivity index (χ4v) is 4.63. The van der Waals surface area contributed by atoms with E-state index in [1.54, 1.807) is 18.2 Å². The number of pyridine rings is 1. The second kappa shape index (κ2) is 9.95. The van der Waals surface area contributed by atoms with Gasteiger partial charge in [-0.25, -0.2) is 8.42 Å². The zero-order chi connectivity index (χ0) is 20.5. The van der Waals surface area contributed by atoms with Crippen LogP contribution in [0.15, 0.2) is 42.6 Å². The van der Waals surface area contributed by atoms with Crippen molar-refractivity contribution < 1.29 is 23.4 Å². The zero-order valence-corrected chi connectivity index (χ0v) is 19.0. The summed E-state index contributed by atoms with van der Waals surface area (Å²) in [5.41, 5.74) is 1.28. The second-order valence-corrected chi connectivity index (χ2v) is 9.60. The number of likely N-dealkylation sites (tertiary alicyclic amines) is 1. The first kappa shape index (κ1) is 25.1. The molecule has 0 aliphatic carbocycles. The number of carbonyl (C=O) groups excluding carboxylic acids is 1. The van der Waals surface area contributed by atoms with Crippen LogP contribution >= 0.6 is 12.4 Å². The van der Waals surface area contributed by atoms with Crippen molar-refractivity contribution in [1.82, 2.24) is 9.88 Å². The van der Waals surface area contributed by atoms with E-state index in [1.807, 2.05) is 24.4 Å². The molecule has 0 amide bonds. The molecule has 1 spiro atoms. The van der Waals surface area contributed by atoms with Gasteiger partial charge < -0.3 is 15.1 Å². The number of ether oxygens (including phenoxy) is 1. The Balaban J connectivity index is 0.00000171. The molecule has 0 atom stereocenters. The summed E-state index contributed by atoms with van der Waals surface area (Å²) >= 11 is 0. The number of hydrogen-bond donors (Lipinski definition) is 1. The molecule has 2 aliphatic rings. The number of nitrogens with zero attached hydrogens (tertiary/aromatic N) is 2. The molecule has 2 aliphatic heterocycles. The van der Waals surface area contributed by atoms with Gasteiger partial charge in [-0.3, -0.25) is 14.5 Å². The molecule has 3 heterocycles. The Bertz CT molecular complexity index is 1010. The lowest BCUT2D eigenvalue weighted by atomic mass is 9.82. The third-order valence-electron chi connectivity index (χ3n) is 5.59. The van der Waals surface area contributed by atoms with Crippen LogP contribution in [0.3, 0.4) is 0 Å². The molecular formula is C21H28ClN3O5S. The predicted molar refractivity (Wildman–Crippen MR) is 122 cm³/mol. The van der Waals surface area contributed by atoms with Crippen LogP contribution in [-0.2, 0) is 16.4 Å². The summed E-state index contributed by atoms with van der Waals surface area (Å²) in [5.74, 6) is 0.362. The Hall–Kier alpha value is -2.20. The highest BCUT2D eigenvalue weighted by atomic mass is 35.5. The molecule has 1 aromatic heterocycles. The third kappa shape index (κ3) is 5.94. The van der Waals surface area contributed by atoms with Gasteiger partial charge in [0.1, 0.15) is 5.60 Å². The molecule has 10 heteroatoms. The minimum Gasteiger partial charge on any atom is -0.484 e. The van der Waals surface area contributed by atoms with Gasteiger partial charge in [-0.1, -0.05) is 12.1 Å². The predicted octanol–water partition coefficient (Wildman–Crippen LogP) is 2.09. The molecule has 8 nitrogen and oxygen atoms in total. The van der Waals surface area contributed by atoms with Gasteiger partial charge in [0.15, 0.2) is 11.5 Å². The summed E-state index contributed by atoms with van der Waals surface area (Å²) in [6, 6.07) is 10.9. The molecule has 1 aromatic carbocycles. The van der Waals surface area contributed by atoms with Crippen LogP contribution in [0, 0.1) is 0 Å². The smallest absolute Gasteiger partial charge is 0.229 e. The fourth-order valence-electron chi connectivity index (χ4n) is 4.07. The summed E-state index contributed by atoms with van der Waals surface area (Å²) in [4.78, 5) is 19.5. The highest BCUT2D eigenvalue weighted by molar-refractivity contribution is 7.92. The number of nitrogens with one attached hydrogen (secondary N) is 1. The number of piperidine rings is 1. The highest BCUT2D eigenvalue weighted by Crippen LogP contribution is 2.43. The monoisotopic (exact) mass is 469 g/mol. The van der Waals surface area contributed by atoms with Gasteiger partial charge in [0, 0.05) is 50.8 Å². The maximum atomic E-state index is 12.8. The average molecular weight is 470 g/mol. The van der Waals surface area contributed by atoms with Gasteiger partial charge >= 0.3 is 0 Å². The molecule has 0 unspecified atom stereocenters. The van der Waals surface area contributed by atoms with Crippen LogP contribution in [0.1, 0.15) is 35.3 Å². The van der Waals surface area contributed by atoms with Gasteiger partial charge in [-0.2, -0.15) is 0 Å². The zero-order valence-electron chi connectivity index (χ0n) is 17.3. The summed E-state index contributed by atoms with van der Waals surface area (Å²) < 4.78 is 32.2. The number of carbonyl (C=O) groups is 1. The lowest BCUT2D eigenvalue weighted by Crippen LogP contribution is -2.51. The van der Waals surface area contributed by atoms with Gasteiger partial charge in [0.25, 0.3) is 0 Å². The van der Waals surface area contributed by atoms with Gasteiger partial charge in [-0.15, -0.1) is 12.4 Å². The highest BCUT2D eigenvalue weighted by Gasteiger charge is 2.43. The van der Waals surface area contributed by atoms with Crippen molar-refractivity contribution in [3.8, 4) is 5.75 Å². The Labute approximate surface area is 188 Å². The maximum Gasteiger partial charge on any atom is 0.229 e. The van der Waals surface area contributed by atoms with Crippen molar-refractivity contribution in [2.24, 2.45) is 0 Å².